The second-order valence-electron chi connectivity index (χ2n) is 15.5. The predicted octanol–water partition coefficient (Wildman–Crippen LogP) is 5.34. The fraction of sp³-hybridized carbons (Fsp3) is 0.658. The molecule has 0 bridgehead atoms. The van der Waals surface area contributed by atoms with E-state index in [1.54, 1.807) is 102 Å². The van der Waals surface area contributed by atoms with Crippen LogP contribution in [0.15, 0.2) is 21.2 Å². The molecule has 0 aliphatic heterocycles. The van der Waals surface area contributed by atoms with E-state index in [4.69, 9.17) is 33.7 Å². The Bertz CT molecular complexity index is 1650. The first-order valence-corrected chi connectivity index (χ1v) is 18.3. The van der Waals surface area contributed by atoms with Crippen LogP contribution in [-0.4, -0.2) is 101 Å². The molecule has 2 aromatic heterocycles. The van der Waals surface area contributed by atoms with Crippen LogP contribution in [0.25, 0.3) is 0 Å². The zero-order valence-corrected chi connectivity index (χ0v) is 36.6. The molecule has 0 aliphatic rings. The van der Waals surface area contributed by atoms with Gasteiger partial charge in [-0.25, -0.2) is 14.4 Å². The van der Waals surface area contributed by atoms with E-state index in [9.17, 15) is 24.0 Å². The lowest BCUT2D eigenvalue weighted by Gasteiger charge is -2.35. The third-order valence-corrected chi connectivity index (χ3v) is 7.88. The first kappa shape index (κ1) is 52.0. The molecule has 0 spiro atoms. The monoisotopic (exact) mass is 828 g/mol. The van der Waals surface area contributed by atoms with Crippen molar-refractivity contribution in [1.29, 1.82) is 0 Å². The molecule has 2 heterocycles. The van der Waals surface area contributed by atoms with E-state index < -0.39 is 58.5 Å². The van der Waals surface area contributed by atoms with Crippen LogP contribution >= 0.6 is 11.9 Å². The number of nitrogens with zero attached hydrogens (tertiary/aromatic N) is 4. The quantitative estimate of drug-likeness (QED) is 0.147. The fourth-order valence-electron chi connectivity index (χ4n) is 4.29. The third-order valence-electron chi connectivity index (χ3n) is 7.79. The van der Waals surface area contributed by atoms with E-state index in [2.05, 4.69) is 38.2 Å². The maximum atomic E-state index is 12.4. The first-order chi connectivity index (χ1) is 26.1. The van der Waals surface area contributed by atoms with Gasteiger partial charge in [0, 0.05) is 46.0 Å². The normalized spacial score (nSPS) is 12.4. The molecule has 57 heavy (non-hydrogen) atoms. The van der Waals surface area contributed by atoms with Gasteiger partial charge in [0.25, 0.3) is 0 Å². The van der Waals surface area contributed by atoms with Crippen molar-refractivity contribution in [3.05, 3.63) is 35.0 Å². The highest BCUT2D eigenvalue weighted by molar-refractivity contribution is 6.08. The van der Waals surface area contributed by atoms with Crippen molar-refractivity contribution < 1.29 is 56.3 Å². The summed E-state index contributed by atoms with van der Waals surface area (Å²) in [6.45, 7) is 23.2. The SMILES string of the molecule is C#COCl.CCOC(=O)C(Cc1cc(C(C)(C)N(C)C(=O)OC(C)(C)C)no1)NC(C)=O.CCOC(=O)C(N)Cc1cc(C(C)(C)N(C)C(=O)OC(C)(C)C)no1. The Morgan fingerprint density at radius 1 is 0.789 bits per heavy atom. The van der Waals surface area contributed by atoms with E-state index in [1.165, 1.54) is 16.7 Å². The van der Waals surface area contributed by atoms with Gasteiger partial charge in [0.15, 0.2) is 0 Å². The fourth-order valence-corrected chi connectivity index (χ4v) is 4.29. The zero-order valence-electron chi connectivity index (χ0n) is 35.9. The van der Waals surface area contributed by atoms with Gasteiger partial charge in [0.1, 0.15) is 64.2 Å². The largest absolute Gasteiger partial charge is 0.465 e. The van der Waals surface area contributed by atoms with Crippen molar-refractivity contribution in [2.24, 2.45) is 5.73 Å². The summed E-state index contributed by atoms with van der Waals surface area (Å²) in [7, 11) is 3.24. The van der Waals surface area contributed by atoms with Gasteiger partial charge in [0.05, 0.1) is 24.3 Å². The summed E-state index contributed by atoms with van der Waals surface area (Å²) in [6.07, 6.45) is 5.40. The number of nitrogens with one attached hydrogen (secondary N) is 1. The highest BCUT2D eigenvalue weighted by atomic mass is 35.5. The van der Waals surface area contributed by atoms with Crippen LogP contribution in [0.1, 0.15) is 113 Å². The number of terminal acetylenes is 1. The number of nitrogens with two attached hydrogens (primary N) is 1. The molecule has 0 saturated heterocycles. The summed E-state index contributed by atoms with van der Waals surface area (Å²) in [6, 6.07) is 1.62. The van der Waals surface area contributed by atoms with Crippen LogP contribution in [-0.2, 0) is 61.5 Å². The summed E-state index contributed by atoms with van der Waals surface area (Å²) >= 11 is 4.45. The van der Waals surface area contributed by atoms with Crippen LogP contribution in [0.5, 0.6) is 0 Å². The van der Waals surface area contributed by atoms with Gasteiger partial charge in [0.2, 0.25) is 5.91 Å². The predicted molar refractivity (Wildman–Crippen MR) is 209 cm³/mol. The molecule has 0 aromatic carbocycles. The topological polar surface area (TPSA) is 228 Å². The number of carbonyl (C=O) groups is 5. The van der Waals surface area contributed by atoms with Gasteiger partial charge in [-0.3, -0.25) is 9.59 Å². The van der Waals surface area contributed by atoms with E-state index in [0.717, 1.165) is 0 Å². The van der Waals surface area contributed by atoms with Gasteiger partial charge >= 0.3 is 24.1 Å². The summed E-state index contributed by atoms with van der Waals surface area (Å²) in [4.78, 5) is 62.6. The Balaban J connectivity index is 0.00000101. The Kier molecular flexibility index (Phi) is 20.7. The van der Waals surface area contributed by atoms with Gasteiger partial charge in [-0.2, -0.15) is 0 Å². The lowest BCUT2D eigenvalue weighted by molar-refractivity contribution is -0.147. The number of aromatic nitrogens is 2. The summed E-state index contributed by atoms with van der Waals surface area (Å²) in [5, 5.41) is 10.6. The molecule has 19 heteroatoms. The summed E-state index contributed by atoms with van der Waals surface area (Å²) < 4.78 is 34.8. The maximum absolute atomic E-state index is 12.4. The van der Waals surface area contributed by atoms with E-state index in [1.807, 2.05) is 13.8 Å². The van der Waals surface area contributed by atoms with E-state index in [-0.39, 0.29) is 32.0 Å². The number of hydrogen-bond donors (Lipinski definition) is 2. The molecular formula is C38H61ClN6O12. The minimum absolute atomic E-state index is 0.0810. The molecule has 2 aromatic rings. The van der Waals surface area contributed by atoms with Crippen LogP contribution in [0.4, 0.5) is 9.59 Å². The summed E-state index contributed by atoms with van der Waals surface area (Å²) in [5.41, 5.74) is 4.00. The first-order valence-electron chi connectivity index (χ1n) is 18.0. The molecule has 3 amide bonds. The van der Waals surface area contributed by atoms with Crippen molar-refractivity contribution >= 4 is 41.9 Å². The van der Waals surface area contributed by atoms with Crippen molar-refractivity contribution in [3.63, 3.8) is 0 Å². The molecule has 3 N–H and O–H groups in total. The Hall–Kier alpha value is -5.02. The third kappa shape index (κ3) is 18.2. The zero-order chi connectivity index (χ0) is 44.5. The maximum Gasteiger partial charge on any atom is 0.410 e. The molecular weight excluding hydrogens is 768 g/mol. The molecule has 0 aliphatic carbocycles. The minimum Gasteiger partial charge on any atom is -0.465 e. The Morgan fingerprint density at radius 3 is 1.49 bits per heavy atom. The van der Waals surface area contributed by atoms with Gasteiger partial charge < -0.3 is 53.1 Å². The van der Waals surface area contributed by atoms with Crippen molar-refractivity contribution in [2.45, 2.75) is 137 Å². The highest BCUT2D eigenvalue weighted by Gasteiger charge is 2.37. The van der Waals surface area contributed by atoms with Gasteiger partial charge in [-0.15, -0.1) is 0 Å². The molecule has 0 saturated carbocycles. The van der Waals surface area contributed by atoms with Crippen molar-refractivity contribution in [2.75, 3.05) is 27.3 Å². The summed E-state index contributed by atoms with van der Waals surface area (Å²) in [5.74, 6) is -0.581. The average Bonchev–Trinajstić information content (AvgIpc) is 3.77. The molecule has 18 nitrogen and oxygen atoms in total. The van der Waals surface area contributed by atoms with Crippen molar-refractivity contribution in [3.8, 4) is 12.5 Å². The van der Waals surface area contributed by atoms with Crippen LogP contribution in [0.2, 0.25) is 0 Å². The van der Waals surface area contributed by atoms with Gasteiger partial charge in [-0.05, 0) is 83.1 Å². The number of carbonyl (C=O) groups excluding carboxylic acids is 5. The second-order valence-corrected chi connectivity index (χ2v) is 15.7. The van der Waals surface area contributed by atoms with E-state index in [0.29, 0.717) is 22.9 Å². The van der Waals surface area contributed by atoms with Gasteiger partial charge in [-0.1, -0.05) is 16.7 Å². The lowest BCUT2D eigenvalue weighted by atomic mass is 9.98. The number of halogens is 1. The van der Waals surface area contributed by atoms with Crippen LogP contribution in [0.3, 0.4) is 0 Å². The molecule has 0 fully saturated rings. The average molecular weight is 829 g/mol. The Labute approximate surface area is 340 Å². The lowest BCUT2D eigenvalue weighted by Crippen LogP contribution is -2.45. The minimum atomic E-state index is -0.884. The Morgan fingerprint density at radius 2 is 1.16 bits per heavy atom. The van der Waals surface area contributed by atoms with Crippen LogP contribution in [0, 0.1) is 12.5 Å². The number of amides is 3. The number of esters is 2. The number of rotatable bonds is 13. The second kappa shape index (κ2) is 22.7. The smallest absolute Gasteiger partial charge is 0.410 e. The standard InChI is InChI=1S/C19H31N3O6.C17H29N3O5.C2HClO/c1-9-26-16(24)14(20-12(2)23)10-13-11-15(21-28-13)19(6,7)22(8)17(25)27-18(3,4)5;1-8-23-14(21)12(18)9-11-10-13(19-25-11)17(5,6)20(7)15(22)24-16(2,3)4;1-2-4-3/h11,14H,9-10H2,1-8H3,(H,20,23);10,12H,8-9,18H2,1-7H3;1H. The molecule has 322 valence electrons. The molecule has 2 rings (SSSR count). The molecule has 2 unspecified atom stereocenters. The van der Waals surface area contributed by atoms with Crippen LogP contribution < -0.4 is 11.1 Å². The molecule has 2 atom stereocenters. The van der Waals surface area contributed by atoms with Crippen molar-refractivity contribution in [1.82, 2.24) is 25.4 Å². The number of ether oxygens (including phenoxy) is 4. The highest BCUT2D eigenvalue weighted by Crippen LogP contribution is 2.29. The molecule has 0 radical (unpaired) electrons. The number of hydrogen-bond acceptors (Lipinski definition) is 15. The van der Waals surface area contributed by atoms with E-state index >= 15 is 0 Å².